The summed E-state index contributed by atoms with van der Waals surface area (Å²) in [5, 5.41) is 9.87. The van der Waals surface area contributed by atoms with E-state index in [9.17, 15) is 9.59 Å². The predicted molar refractivity (Wildman–Crippen MR) is 37.5 cm³/mol. The minimum Gasteiger partial charge on any atom is -0.296 e. The minimum absolute atomic E-state index is 0.0364. The Bertz CT molecular complexity index is 286. The number of rotatable bonds is 0. The van der Waals surface area contributed by atoms with E-state index in [4.69, 9.17) is 5.21 Å². The van der Waals surface area contributed by atoms with E-state index in [1.807, 2.05) is 0 Å². The van der Waals surface area contributed by atoms with Gasteiger partial charge in [-0.3, -0.25) is 19.7 Å². The first-order valence-electron chi connectivity index (χ1n) is 3.51. The first-order chi connectivity index (χ1) is 5.68. The summed E-state index contributed by atoms with van der Waals surface area (Å²) in [6.07, 6.45) is 0. The predicted octanol–water partition coefficient (Wildman–Crippen LogP) is -1.54. The van der Waals surface area contributed by atoms with Crippen molar-refractivity contribution in [1.82, 2.24) is 9.96 Å². The van der Waals surface area contributed by atoms with Crippen molar-refractivity contribution in [2.45, 2.75) is 0 Å². The minimum atomic E-state index is -0.288. The van der Waals surface area contributed by atoms with Crippen LogP contribution in [-0.2, 0) is 9.59 Å². The number of aliphatic imine (C=N–C) groups is 1. The van der Waals surface area contributed by atoms with E-state index in [1.165, 1.54) is 4.90 Å². The molecule has 0 aliphatic carbocycles. The maximum atomic E-state index is 11.1. The second kappa shape index (κ2) is 2.28. The van der Waals surface area contributed by atoms with E-state index in [2.05, 4.69) is 4.99 Å². The molecular formula is C6H7N3O3. The number of hydrogen-bond donors (Lipinski definition) is 1. The van der Waals surface area contributed by atoms with Crippen molar-refractivity contribution >= 4 is 17.6 Å². The first-order valence-corrected chi connectivity index (χ1v) is 3.51. The normalized spacial score (nSPS) is 22.9. The van der Waals surface area contributed by atoms with Crippen LogP contribution in [0.2, 0.25) is 0 Å². The number of nitrogens with zero attached hydrogens (tertiary/aromatic N) is 3. The molecule has 2 heterocycles. The number of Topliss-reactive ketones (excluding diaryl/α,β-unsaturated/α-hetero) is 1. The van der Waals surface area contributed by atoms with E-state index < -0.39 is 0 Å². The van der Waals surface area contributed by atoms with Crippen LogP contribution in [-0.4, -0.2) is 52.5 Å². The van der Waals surface area contributed by atoms with Crippen LogP contribution in [0.4, 0.5) is 0 Å². The molecule has 2 rings (SSSR count). The molecule has 0 aromatic heterocycles. The highest BCUT2D eigenvalue weighted by molar-refractivity contribution is 6.08. The summed E-state index contributed by atoms with van der Waals surface area (Å²) in [6.45, 7) is -0.0169. The van der Waals surface area contributed by atoms with Crippen molar-refractivity contribution < 1.29 is 14.8 Å². The van der Waals surface area contributed by atoms with Crippen LogP contribution in [0.25, 0.3) is 0 Å². The zero-order valence-corrected chi connectivity index (χ0v) is 6.23. The molecule has 0 aromatic rings. The fraction of sp³-hybridized carbons (Fsp3) is 0.500. The van der Waals surface area contributed by atoms with Gasteiger partial charge in [-0.1, -0.05) is 0 Å². The highest BCUT2D eigenvalue weighted by atomic mass is 16.5. The van der Waals surface area contributed by atoms with Crippen LogP contribution in [0.3, 0.4) is 0 Å². The van der Waals surface area contributed by atoms with Gasteiger partial charge in [-0.15, -0.1) is 0 Å². The highest BCUT2D eigenvalue weighted by Gasteiger charge is 2.36. The molecule has 0 saturated carbocycles. The second-order valence-electron chi connectivity index (χ2n) is 2.69. The van der Waals surface area contributed by atoms with E-state index in [0.717, 1.165) is 5.06 Å². The third-order valence-corrected chi connectivity index (χ3v) is 1.79. The van der Waals surface area contributed by atoms with Crippen LogP contribution in [0, 0.1) is 0 Å². The Morgan fingerprint density at radius 1 is 1.33 bits per heavy atom. The van der Waals surface area contributed by atoms with Crippen LogP contribution in [0.1, 0.15) is 0 Å². The van der Waals surface area contributed by atoms with Gasteiger partial charge in [0, 0.05) is 0 Å². The lowest BCUT2D eigenvalue weighted by molar-refractivity contribution is -0.130. The van der Waals surface area contributed by atoms with Crippen molar-refractivity contribution in [1.29, 1.82) is 0 Å². The summed E-state index contributed by atoms with van der Waals surface area (Å²) in [5.74, 6) is -0.202. The van der Waals surface area contributed by atoms with Crippen LogP contribution in [0.5, 0.6) is 0 Å². The Kier molecular flexibility index (Phi) is 1.37. The van der Waals surface area contributed by atoms with Gasteiger partial charge in [-0.25, -0.2) is 10.1 Å². The lowest BCUT2D eigenvalue weighted by Gasteiger charge is -2.19. The summed E-state index contributed by atoms with van der Waals surface area (Å²) in [5.41, 5.74) is 0. The molecule has 0 aromatic carbocycles. The number of carbonyl (C=O) groups is 2. The topological polar surface area (TPSA) is 73.2 Å². The van der Waals surface area contributed by atoms with Crippen molar-refractivity contribution in [2.75, 3.05) is 19.6 Å². The van der Waals surface area contributed by atoms with Gasteiger partial charge in [0.05, 0.1) is 6.54 Å². The summed E-state index contributed by atoms with van der Waals surface area (Å²) >= 11 is 0. The average Bonchev–Trinajstić information content (AvgIpc) is 2.28. The number of hydrogen-bond acceptors (Lipinski definition) is 5. The van der Waals surface area contributed by atoms with Crippen molar-refractivity contribution in [3.63, 3.8) is 0 Å². The summed E-state index contributed by atoms with van der Waals surface area (Å²) < 4.78 is 0. The Hall–Kier alpha value is -1.43. The molecule has 1 N–H and O–H groups in total. The maximum absolute atomic E-state index is 11.1. The maximum Gasteiger partial charge on any atom is 0.252 e. The van der Waals surface area contributed by atoms with Crippen molar-refractivity contribution in [3.05, 3.63) is 0 Å². The molecule has 1 amide bonds. The smallest absolute Gasteiger partial charge is 0.252 e. The molecule has 2 aliphatic rings. The van der Waals surface area contributed by atoms with Gasteiger partial charge in [0.25, 0.3) is 5.91 Å². The first kappa shape index (κ1) is 7.23. The van der Waals surface area contributed by atoms with Crippen molar-refractivity contribution in [2.24, 2.45) is 4.99 Å². The fourth-order valence-corrected chi connectivity index (χ4v) is 1.25. The SMILES string of the molecule is O=C1CN=C2N(O)CC(=O)N2C1. The zero-order chi connectivity index (χ0) is 8.72. The van der Waals surface area contributed by atoms with Crippen molar-refractivity contribution in [3.8, 4) is 0 Å². The Morgan fingerprint density at radius 2 is 2.08 bits per heavy atom. The number of amides is 1. The molecule has 1 fully saturated rings. The average molecular weight is 169 g/mol. The number of carbonyl (C=O) groups excluding carboxylic acids is 2. The molecule has 64 valence electrons. The third-order valence-electron chi connectivity index (χ3n) is 1.79. The van der Waals surface area contributed by atoms with Crippen LogP contribution >= 0.6 is 0 Å². The molecule has 12 heavy (non-hydrogen) atoms. The number of fused-ring (bicyclic) bond motifs is 1. The summed E-state index contributed by atoms with van der Waals surface area (Å²) in [7, 11) is 0. The van der Waals surface area contributed by atoms with E-state index in [-0.39, 0.29) is 37.3 Å². The molecule has 6 heteroatoms. The number of ketones is 1. The van der Waals surface area contributed by atoms with E-state index >= 15 is 0 Å². The quantitative estimate of drug-likeness (QED) is 0.477. The van der Waals surface area contributed by atoms with Gasteiger partial charge >= 0.3 is 0 Å². The molecule has 0 atom stereocenters. The monoisotopic (exact) mass is 169 g/mol. The summed E-state index contributed by atoms with van der Waals surface area (Å²) in [6, 6.07) is 0. The third kappa shape index (κ3) is 0.884. The molecule has 0 unspecified atom stereocenters. The lowest BCUT2D eigenvalue weighted by atomic mass is 10.3. The molecular weight excluding hydrogens is 162 g/mol. The summed E-state index contributed by atoms with van der Waals surface area (Å²) in [4.78, 5) is 26.9. The van der Waals surface area contributed by atoms with Gasteiger partial charge in [-0.2, -0.15) is 0 Å². The molecule has 2 aliphatic heterocycles. The van der Waals surface area contributed by atoms with Gasteiger partial charge < -0.3 is 0 Å². The molecule has 0 radical (unpaired) electrons. The number of guanidine groups is 1. The lowest BCUT2D eigenvalue weighted by Crippen LogP contribution is -2.42. The molecule has 0 bridgehead atoms. The fourth-order valence-electron chi connectivity index (χ4n) is 1.25. The van der Waals surface area contributed by atoms with E-state index in [1.54, 1.807) is 0 Å². The Morgan fingerprint density at radius 3 is 2.83 bits per heavy atom. The largest absolute Gasteiger partial charge is 0.296 e. The van der Waals surface area contributed by atoms with Gasteiger partial charge in [0.1, 0.15) is 13.1 Å². The molecule has 1 saturated heterocycles. The van der Waals surface area contributed by atoms with Crippen LogP contribution < -0.4 is 0 Å². The molecule has 6 nitrogen and oxygen atoms in total. The van der Waals surface area contributed by atoms with Gasteiger partial charge in [-0.05, 0) is 0 Å². The van der Waals surface area contributed by atoms with Gasteiger partial charge in [0.15, 0.2) is 5.78 Å². The molecule has 0 spiro atoms. The zero-order valence-electron chi connectivity index (χ0n) is 6.23. The van der Waals surface area contributed by atoms with E-state index in [0.29, 0.717) is 0 Å². The van der Waals surface area contributed by atoms with Gasteiger partial charge in [0.2, 0.25) is 5.96 Å². The Balaban J connectivity index is 2.32. The Labute approximate surface area is 68.0 Å². The van der Waals surface area contributed by atoms with Crippen LogP contribution in [0.15, 0.2) is 4.99 Å². The highest BCUT2D eigenvalue weighted by Crippen LogP contribution is 2.10. The second-order valence-corrected chi connectivity index (χ2v) is 2.69. The standard InChI is InChI=1S/C6H7N3O3/c10-4-1-7-6-8(2-4)5(11)3-9(6)12/h12H,1-3H2. The number of hydroxylamine groups is 2.